The van der Waals surface area contributed by atoms with Crippen LogP contribution in [0, 0.1) is 5.92 Å². The minimum Gasteiger partial charge on any atom is -0.493 e. The Labute approximate surface area is 143 Å². The molecular weight excluding hydrogens is 306 g/mol. The van der Waals surface area contributed by atoms with Gasteiger partial charge in [0.25, 0.3) is 5.91 Å². The molecule has 1 saturated heterocycles. The number of piperidine rings is 1. The first-order valence-corrected chi connectivity index (χ1v) is 8.48. The molecule has 1 aliphatic heterocycles. The second-order valence-corrected chi connectivity index (χ2v) is 6.72. The van der Waals surface area contributed by atoms with E-state index in [-0.39, 0.29) is 24.4 Å². The fourth-order valence-electron chi connectivity index (χ4n) is 2.71. The third-order valence-corrected chi connectivity index (χ3v) is 3.98. The van der Waals surface area contributed by atoms with Gasteiger partial charge in [0.15, 0.2) is 0 Å². The summed E-state index contributed by atoms with van der Waals surface area (Å²) in [5.74, 6) is 0.759. The molecule has 1 aromatic rings. The van der Waals surface area contributed by atoms with Crippen LogP contribution in [0.15, 0.2) is 24.3 Å². The van der Waals surface area contributed by atoms with Gasteiger partial charge in [0.2, 0.25) is 5.91 Å². The van der Waals surface area contributed by atoms with Gasteiger partial charge in [0.1, 0.15) is 5.75 Å². The Kier molecular flexibility index (Phi) is 6.61. The molecule has 1 heterocycles. The topological polar surface area (TPSA) is 84.7 Å². The second kappa shape index (κ2) is 8.68. The summed E-state index contributed by atoms with van der Waals surface area (Å²) in [5.41, 5.74) is 5.82. The molecule has 0 unspecified atom stereocenters. The highest BCUT2D eigenvalue weighted by molar-refractivity contribution is 5.94. The molecule has 0 atom stereocenters. The van der Waals surface area contributed by atoms with Crippen molar-refractivity contribution in [1.82, 2.24) is 10.2 Å². The molecule has 0 bridgehead atoms. The predicted octanol–water partition coefficient (Wildman–Crippen LogP) is 1.40. The molecule has 1 aliphatic rings. The van der Waals surface area contributed by atoms with Gasteiger partial charge in [-0.3, -0.25) is 14.5 Å². The van der Waals surface area contributed by atoms with E-state index in [1.807, 2.05) is 17.0 Å². The highest BCUT2D eigenvalue weighted by Crippen LogP contribution is 2.16. The molecule has 0 aromatic heterocycles. The summed E-state index contributed by atoms with van der Waals surface area (Å²) in [6, 6.07) is 7.39. The van der Waals surface area contributed by atoms with Crippen molar-refractivity contribution in [2.75, 3.05) is 26.2 Å². The molecule has 0 aliphatic carbocycles. The van der Waals surface area contributed by atoms with Crippen molar-refractivity contribution >= 4 is 11.8 Å². The summed E-state index contributed by atoms with van der Waals surface area (Å²) in [4.78, 5) is 25.4. The second-order valence-electron chi connectivity index (χ2n) is 6.72. The number of hydrogen-bond donors (Lipinski definition) is 2. The Hall–Kier alpha value is -2.08. The molecule has 0 spiro atoms. The lowest BCUT2D eigenvalue weighted by molar-refractivity contribution is -0.119. The lowest BCUT2D eigenvalue weighted by atomic mass is 10.0. The number of carbonyl (C=O) groups is 2. The molecule has 2 rings (SSSR count). The van der Waals surface area contributed by atoms with Gasteiger partial charge >= 0.3 is 0 Å². The Morgan fingerprint density at radius 1 is 1.33 bits per heavy atom. The van der Waals surface area contributed by atoms with Crippen LogP contribution < -0.4 is 15.8 Å². The third kappa shape index (κ3) is 5.85. The van der Waals surface area contributed by atoms with Crippen LogP contribution in [0.4, 0.5) is 0 Å². The highest BCUT2D eigenvalue weighted by atomic mass is 16.5. The molecule has 6 heteroatoms. The van der Waals surface area contributed by atoms with Crippen molar-refractivity contribution in [2.45, 2.75) is 32.7 Å². The van der Waals surface area contributed by atoms with Crippen molar-refractivity contribution in [3.63, 3.8) is 0 Å². The van der Waals surface area contributed by atoms with E-state index in [2.05, 4.69) is 19.2 Å². The largest absolute Gasteiger partial charge is 0.493 e. The average molecular weight is 333 g/mol. The number of nitrogens with zero attached hydrogens (tertiary/aromatic N) is 1. The number of amides is 2. The SMILES string of the molecule is CC(C)COc1cccc(C(=O)NC2CCN(CC(N)=O)CC2)c1. The first-order valence-electron chi connectivity index (χ1n) is 8.48. The zero-order valence-electron chi connectivity index (χ0n) is 14.5. The number of rotatable bonds is 7. The number of ether oxygens (including phenoxy) is 1. The lowest BCUT2D eigenvalue weighted by Gasteiger charge is -2.31. The van der Waals surface area contributed by atoms with Crippen LogP contribution in [0.1, 0.15) is 37.0 Å². The molecule has 3 N–H and O–H groups in total. The number of hydrogen-bond acceptors (Lipinski definition) is 4. The predicted molar refractivity (Wildman–Crippen MR) is 92.9 cm³/mol. The maximum absolute atomic E-state index is 12.4. The summed E-state index contributed by atoms with van der Waals surface area (Å²) in [7, 11) is 0. The minimum atomic E-state index is -0.310. The van der Waals surface area contributed by atoms with E-state index >= 15 is 0 Å². The maximum Gasteiger partial charge on any atom is 0.251 e. The third-order valence-electron chi connectivity index (χ3n) is 3.98. The van der Waals surface area contributed by atoms with Gasteiger partial charge < -0.3 is 15.8 Å². The van der Waals surface area contributed by atoms with Gasteiger partial charge in [0, 0.05) is 24.7 Å². The number of primary amides is 1. The Morgan fingerprint density at radius 2 is 2.04 bits per heavy atom. The summed E-state index contributed by atoms with van der Waals surface area (Å²) in [5, 5.41) is 3.06. The summed E-state index contributed by atoms with van der Waals surface area (Å²) < 4.78 is 5.67. The molecule has 6 nitrogen and oxygen atoms in total. The highest BCUT2D eigenvalue weighted by Gasteiger charge is 2.22. The average Bonchev–Trinajstić information content (AvgIpc) is 2.54. The molecular formula is C18H27N3O3. The van der Waals surface area contributed by atoms with Crippen molar-refractivity contribution in [2.24, 2.45) is 11.7 Å². The number of benzene rings is 1. The molecule has 2 amide bonds. The number of likely N-dealkylation sites (tertiary alicyclic amines) is 1. The number of carbonyl (C=O) groups excluding carboxylic acids is 2. The van der Waals surface area contributed by atoms with Crippen LogP contribution in [-0.2, 0) is 4.79 Å². The van der Waals surface area contributed by atoms with Crippen LogP contribution in [0.3, 0.4) is 0 Å². The van der Waals surface area contributed by atoms with Gasteiger partial charge in [0.05, 0.1) is 13.2 Å². The summed E-state index contributed by atoms with van der Waals surface area (Å²) in [6.45, 7) is 6.62. The van der Waals surface area contributed by atoms with Crippen LogP contribution in [0.5, 0.6) is 5.75 Å². The molecule has 24 heavy (non-hydrogen) atoms. The van der Waals surface area contributed by atoms with E-state index in [0.29, 0.717) is 23.8 Å². The van der Waals surface area contributed by atoms with Gasteiger partial charge in [-0.25, -0.2) is 0 Å². The molecule has 0 radical (unpaired) electrons. The van der Waals surface area contributed by atoms with Crippen molar-refractivity contribution < 1.29 is 14.3 Å². The van der Waals surface area contributed by atoms with Crippen LogP contribution >= 0.6 is 0 Å². The fraction of sp³-hybridized carbons (Fsp3) is 0.556. The molecule has 1 aromatic carbocycles. The summed E-state index contributed by atoms with van der Waals surface area (Å²) in [6.07, 6.45) is 1.64. The van der Waals surface area contributed by atoms with E-state index in [1.165, 1.54) is 0 Å². The first kappa shape index (κ1) is 18.3. The Balaban J connectivity index is 1.84. The van der Waals surface area contributed by atoms with Crippen LogP contribution in [0.25, 0.3) is 0 Å². The zero-order valence-corrected chi connectivity index (χ0v) is 14.5. The summed E-state index contributed by atoms with van der Waals surface area (Å²) >= 11 is 0. The van der Waals surface area contributed by atoms with E-state index in [0.717, 1.165) is 25.9 Å². The van der Waals surface area contributed by atoms with Gasteiger partial charge in [-0.2, -0.15) is 0 Å². The minimum absolute atomic E-state index is 0.0849. The van der Waals surface area contributed by atoms with Gasteiger partial charge in [-0.15, -0.1) is 0 Å². The molecule has 132 valence electrons. The van der Waals surface area contributed by atoms with Crippen LogP contribution in [0.2, 0.25) is 0 Å². The molecule has 0 saturated carbocycles. The number of nitrogens with one attached hydrogen (secondary N) is 1. The fourth-order valence-corrected chi connectivity index (χ4v) is 2.71. The molecule has 1 fully saturated rings. The standard InChI is InChI=1S/C18H27N3O3/c1-13(2)12-24-16-5-3-4-14(10-16)18(23)20-15-6-8-21(9-7-15)11-17(19)22/h3-5,10,13,15H,6-9,11-12H2,1-2H3,(H2,19,22)(H,20,23). The maximum atomic E-state index is 12.4. The van der Waals surface area contributed by atoms with Gasteiger partial charge in [-0.05, 0) is 37.0 Å². The lowest BCUT2D eigenvalue weighted by Crippen LogP contribution is -2.46. The smallest absolute Gasteiger partial charge is 0.251 e. The van der Waals surface area contributed by atoms with Crippen LogP contribution in [-0.4, -0.2) is 49.0 Å². The van der Waals surface area contributed by atoms with E-state index in [9.17, 15) is 9.59 Å². The first-order chi connectivity index (χ1) is 11.4. The van der Waals surface area contributed by atoms with Gasteiger partial charge in [-0.1, -0.05) is 19.9 Å². The zero-order chi connectivity index (χ0) is 17.5. The normalized spacial score (nSPS) is 16.1. The Morgan fingerprint density at radius 3 is 2.67 bits per heavy atom. The van der Waals surface area contributed by atoms with Crippen molar-refractivity contribution in [3.8, 4) is 5.75 Å². The van der Waals surface area contributed by atoms with E-state index < -0.39 is 0 Å². The van der Waals surface area contributed by atoms with Crippen molar-refractivity contribution in [3.05, 3.63) is 29.8 Å². The monoisotopic (exact) mass is 333 g/mol. The van der Waals surface area contributed by atoms with Crippen molar-refractivity contribution in [1.29, 1.82) is 0 Å². The number of nitrogens with two attached hydrogens (primary N) is 1. The van der Waals surface area contributed by atoms with E-state index in [4.69, 9.17) is 10.5 Å². The van der Waals surface area contributed by atoms with E-state index in [1.54, 1.807) is 12.1 Å². The Bertz CT molecular complexity index is 566. The quantitative estimate of drug-likeness (QED) is 0.790.